The highest BCUT2D eigenvalue weighted by Gasteiger charge is 2.33. The Labute approximate surface area is 89.9 Å². The summed E-state index contributed by atoms with van der Waals surface area (Å²) in [7, 11) is 0. The Morgan fingerprint density at radius 1 is 1.47 bits per heavy atom. The summed E-state index contributed by atoms with van der Waals surface area (Å²) in [4.78, 5) is 22.2. The lowest BCUT2D eigenvalue weighted by molar-refractivity contribution is -0.154. The number of carboxylic acids is 1. The summed E-state index contributed by atoms with van der Waals surface area (Å²) in [6, 6.07) is 0. The van der Waals surface area contributed by atoms with Gasteiger partial charge in [0, 0.05) is 0 Å². The Kier molecular flexibility index (Phi) is 5.05. The van der Waals surface area contributed by atoms with Crippen LogP contribution in [0.4, 0.5) is 0 Å². The molecule has 0 unspecified atom stereocenters. The molecule has 0 heterocycles. The van der Waals surface area contributed by atoms with E-state index < -0.39 is 23.3 Å². The molecule has 0 radical (unpaired) electrons. The van der Waals surface area contributed by atoms with Gasteiger partial charge in [-0.1, -0.05) is 33.4 Å². The first-order valence-electron chi connectivity index (χ1n) is 4.78. The van der Waals surface area contributed by atoms with E-state index in [1.54, 1.807) is 20.8 Å². The summed E-state index contributed by atoms with van der Waals surface area (Å²) in [6.45, 7) is 8.88. The van der Waals surface area contributed by atoms with Gasteiger partial charge in [-0.25, -0.2) is 0 Å². The molecule has 0 aliphatic rings. The van der Waals surface area contributed by atoms with E-state index in [1.165, 1.54) is 6.08 Å². The van der Waals surface area contributed by atoms with E-state index in [4.69, 9.17) is 9.84 Å². The molecule has 0 spiro atoms. The van der Waals surface area contributed by atoms with Crippen molar-refractivity contribution >= 4 is 11.9 Å². The molecule has 0 saturated carbocycles. The number of hydrogen-bond acceptors (Lipinski definition) is 3. The standard InChI is InChI=1S/C11H18O4/c1-5-6-15-9(12)7-8(10(13)14)11(2,3)4/h5,8H,1,6-7H2,2-4H3,(H,13,14)/t8-/m1/s1. The molecule has 4 heteroatoms. The number of carbonyl (C=O) groups is 2. The second-order valence-corrected chi connectivity index (χ2v) is 4.43. The average molecular weight is 214 g/mol. The molecule has 0 aliphatic heterocycles. The zero-order chi connectivity index (χ0) is 12.1. The first kappa shape index (κ1) is 13.7. The SMILES string of the molecule is C=CCOC(=O)C[C@H](C(=O)O)C(C)(C)C. The highest BCUT2D eigenvalue weighted by molar-refractivity contribution is 5.79. The number of rotatable bonds is 5. The normalized spacial score (nSPS) is 13.0. The Hall–Kier alpha value is -1.32. The second kappa shape index (κ2) is 5.53. The van der Waals surface area contributed by atoms with Gasteiger partial charge in [-0.2, -0.15) is 0 Å². The third kappa shape index (κ3) is 5.20. The largest absolute Gasteiger partial charge is 0.481 e. The van der Waals surface area contributed by atoms with Crippen LogP contribution in [0.3, 0.4) is 0 Å². The molecule has 0 bridgehead atoms. The zero-order valence-corrected chi connectivity index (χ0v) is 9.45. The third-order valence-electron chi connectivity index (χ3n) is 2.08. The van der Waals surface area contributed by atoms with E-state index >= 15 is 0 Å². The molecule has 4 nitrogen and oxygen atoms in total. The van der Waals surface area contributed by atoms with Crippen LogP contribution in [0.25, 0.3) is 0 Å². The van der Waals surface area contributed by atoms with Crippen molar-refractivity contribution in [1.82, 2.24) is 0 Å². The van der Waals surface area contributed by atoms with Crippen molar-refractivity contribution in [1.29, 1.82) is 0 Å². The van der Waals surface area contributed by atoms with Gasteiger partial charge in [0.2, 0.25) is 0 Å². The van der Waals surface area contributed by atoms with Crippen LogP contribution in [0.15, 0.2) is 12.7 Å². The predicted molar refractivity (Wildman–Crippen MR) is 56.4 cm³/mol. The van der Waals surface area contributed by atoms with Crippen LogP contribution in [0.5, 0.6) is 0 Å². The van der Waals surface area contributed by atoms with E-state index in [9.17, 15) is 9.59 Å². The Morgan fingerprint density at radius 2 is 2.00 bits per heavy atom. The number of ether oxygens (including phenoxy) is 1. The van der Waals surface area contributed by atoms with Gasteiger partial charge in [0.15, 0.2) is 0 Å². The highest BCUT2D eigenvalue weighted by atomic mass is 16.5. The van der Waals surface area contributed by atoms with Crippen LogP contribution in [-0.2, 0) is 14.3 Å². The predicted octanol–water partition coefficient (Wildman–Crippen LogP) is 1.85. The minimum atomic E-state index is -0.974. The molecule has 0 saturated heterocycles. The monoisotopic (exact) mass is 214 g/mol. The molecule has 0 aromatic carbocycles. The quantitative estimate of drug-likeness (QED) is 0.560. The number of aliphatic carboxylic acids is 1. The van der Waals surface area contributed by atoms with Crippen molar-refractivity contribution in [2.45, 2.75) is 27.2 Å². The van der Waals surface area contributed by atoms with Gasteiger partial charge < -0.3 is 9.84 Å². The lowest BCUT2D eigenvalue weighted by atomic mass is 9.79. The van der Waals surface area contributed by atoms with Gasteiger partial charge >= 0.3 is 11.9 Å². The molecule has 1 N–H and O–H groups in total. The summed E-state index contributed by atoms with van der Waals surface area (Å²) in [5.74, 6) is -2.20. The first-order chi connectivity index (χ1) is 6.79. The molecule has 0 aliphatic carbocycles. The van der Waals surface area contributed by atoms with E-state index in [0.717, 1.165) is 0 Å². The number of carboxylic acid groups (broad SMARTS) is 1. The van der Waals surface area contributed by atoms with Crippen LogP contribution >= 0.6 is 0 Å². The van der Waals surface area contributed by atoms with E-state index in [1.807, 2.05) is 0 Å². The van der Waals surface area contributed by atoms with Crippen molar-refractivity contribution in [2.75, 3.05) is 6.61 Å². The van der Waals surface area contributed by atoms with E-state index in [0.29, 0.717) is 0 Å². The van der Waals surface area contributed by atoms with Crippen molar-refractivity contribution in [3.05, 3.63) is 12.7 Å². The van der Waals surface area contributed by atoms with Gasteiger partial charge in [0.25, 0.3) is 0 Å². The Bertz CT molecular complexity index is 250. The molecule has 0 fully saturated rings. The zero-order valence-electron chi connectivity index (χ0n) is 9.45. The molecule has 0 aromatic heterocycles. The minimum absolute atomic E-state index is 0.104. The maximum atomic E-state index is 11.2. The van der Waals surface area contributed by atoms with Crippen molar-refractivity contribution < 1.29 is 19.4 Å². The summed E-state index contributed by atoms with van der Waals surface area (Å²) >= 11 is 0. The Balaban J connectivity index is 4.37. The lowest BCUT2D eigenvalue weighted by Gasteiger charge is -2.26. The van der Waals surface area contributed by atoms with Crippen LogP contribution < -0.4 is 0 Å². The molecule has 1 atom stereocenters. The number of carbonyl (C=O) groups excluding carboxylic acids is 1. The summed E-state index contributed by atoms with van der Waals surface area (Å²) < 4.78 is 4.75. The highest BCUT2D eigenvalue weighted by Crippen LogP contribution is 2.29. The van der Waals surface area contributed by atoms with Crippen molar-refractivity contribution in [3.63, 3.8) is 0 Å². The van der Waals surface area contributed by atoms with Gasteiger partial charge in [-0.15, -0.1) is 0 Å². The molecule has 86 valence electrons. The smallest absolute Gasteiger partial charge is 0.307 e. The van der Waals surface area contributed by atoms with Crippen molar-refractivity contribution in [3.8, 4) is 0 Å². The minimum Gasteiger partial charge on any atom is -0.481 e. The summed E-state index contributed by atoms with van der Waals surface area (Å²) in [5.41, 5.74) is -0.459. The summed E-state index contributed by atoms with van der Waals surface area (Å²) in [6.07, 6.45) is 1.34. The third-order valence-corrected chi connectivity index (χ3v) is 2.08. The maximum absolute atomic E-state index is 11.2. The molecule has 0 aromatic rings. The van der Waals surface area contributed by atoms with Gasteiger partial charge in [-0.3, -0.25) is 9.59 Å². The fraction of sp³-hybridized carbons (Fsp3) is 0.636. The topological polar surface area (TPSA) is 63.6 Å². The average Bonchev–Trinajstić information content (AvgIpc) is 2.08. The Morgan fingerprint density at radius 3 is 2.33 bits per heavy atom. The van der Waals surface area contributed by atoms with Gasteiger partial charge in [0.05, 0.1) is 12.3 Å². The molecule has 0 rings (SSSR count). The van der Waals surface area contributed by atoms with Crippen LogP contribution in [-0.4, -0.2) is 23.7 Å². The molecule has 0 amide bonds. The lowest BCUT2D eigenvalue weighted by Crippen LogP contribution is -2.31. The van der Waals surface area contributed by atoms with Crippen molar-refractivity contribution in [2.24, 2.45) is 11.3 Å². The van der Waals surface area contributed by atoms with Crippen LogP contribution in [0.2, 0.25) is 0 Å². The van der Waals surface area contributed by atoms with E-state index in [-0.39, 0.29) is 13.0 Å². The first-order valence-corrected chi connectivity index (χ1v) is 4.78. The van der Waals surface area contributed by atoms with Gasteiger partial charge in [-0.05, 0) is 5.41 Å². The number of esters is 1. The maximum Gasteiger partial charge on any atom is 0.307 e. The fourth-order valence-corrected chi connectivity index (χ4v) is 1.14. The second-order valence-electron chi connectivity index (χ2n) is 4.43. The molecule has 15 heavy (non-hydrogen) atoms. The fourth-order valence-electron chi connectivity index (χ4n) is 1.14. The summed E-state index contributed by atoms with van der Waals surface area (Å²) in [5, 5.41) is 8.96. The number of hydrogen-bond donors (Lipinski definition) is 1. The molecular weight excluding hydrogens is 196 g/mol. The van der Waals surface area contributed by atoms with Gasteiger partial charge in [0.1, 0.15) is 6.61 Å². The van der Waals surface area contributed by atoms with Crippen LogP contribution in [0, 0.1) is 11.3 Å². The van der Waals surface area contributed by atoms with Crippen LogP contribution in [0.1, 0.15) is 27.2 Å². The molecular formula is C11H18O4. The van der Waals surface area contributed by atoms with E-state index in [2.05, 4.69) is 6.58 Å².